The van der Waals surface area contributed by atoms with Crippen molar-refractivity contribution in [2.24, 2.45) is 0 Å². The molecule has 0 saturated heterocycles. The van der Waals surface area contributed by atoms with Gasteiger partial charge < -0.3 is 18.9 Å². The molecule has 4 aromatic rings. The molecule has 1 aliphatic heterocycles. The first-order valence-electron chi connectivity index (χ1n) is 11.4. The molecule has 174 valence electrons. The SMILES string of the molecule is COCCn1c(C)c(C2(c3ccc(N(C)C)cc3C)OC(=O)c3cccnc32)c2ccccc21. The monoisotopic (exact) mass is 455 g/mol. The number of esters is 1. The van der Waals surface area contributed by atoms with Crippen LogP contribution in [0.4, 0.5) is 5.69 Å². The van der Waals surface area contributed by atoms with Crippen LogP contribution in [0.2, 0.25) is 0 Å². The van der Waals surface area contributed by atoms with Gasteiger partial charge in [0.05, 0.1) is 12.2 Å². The van der Waals surface area contributed by atoms with Gasteiger partial charge >= 0.3 is 5.97 Å². The van der Waals surface area contributed by atoms with Gasteiger partial charge in [-0.05, 0) is 49.7 Å². The van der Waals surface area contributed by atoms with Crippen LogP contribution < -0.4 is 4.90 Å². The molecule has 0 N–H and O–H groups in total. The summed E-state index contributed by atoms with van der Waals surface area (Å²) in [5, 5.41) is 1.04. The number of anilines is 1. The minimum atomic E-state index is -1.15. The Morgan fingerprint density at radius 2 is 1.88 bits per heavy atom. The minimum absolute atomic E-state index is 0.354. The number of nitrogens with zero attached hydrogens (tertiary/aromatic N) is 3. The van der Waals surface area contributed by atoms with E-state index in [4.69, 9.17) is 14.5 Å². The largest absolute Gasteiger partial charge is 0.439 e. The van der Waals surface area contributed by atoms with Crippen molar-refractivity contribution in [1.82, 2.24) is 9.55 Å². The fraction of sp³-hybridized carbons (Fsp3) is 0.286. The van der Waals surface area contributed by atoms with Crippen molar-refractivity contribution in [3.05, 3.63) is 94.4 Å². The number of pyridine rings is 1. The Kier molecular flexibility index (Phi) is 5.41. The number of aromatic nitrogens is 2. The fourth-order valence-electron chi connectivity index (χ4n) is 5.25. The number of fused-ring (bicyclic) bond motifs is 2. The molecule has 1 unspecified atom stereocenters. The number of ether oxygens (including phenoxy) is 2. The van der Waals surface area contributed by atoms with E-state index in [1.165, 1.54) is 0 Å². The number of methoxy groups -OCH3 is 1. The highest BCUT2D eigenvalue weighted by Crippen LogP contribution is 2.51. The Morgan fingerprint density at radius 1 is 1.09 bits per heavy atom. The number of cyclic esters (lactones) is 1. The third-order valence-electron chi connectivity index (χ3n) is 6.81. The Morgan fingerprint density at radius 3 is 2.62 bits per heavy atom. The number of carbonyl (C=O) groups is 1. The van der Waals surface area contributed by atoms with Crippen molar-refractivity contribution in [3.8, 4) is 0 Å². The molecule has 6 heteroatoms. The second-order valence-electron chi connectivity index (χ2n) is 8.99. The van der Waals surface area contributed by atoms with Gasteiger partial charge in [0.1, 0.15) is 5.69 Å². The maximum absolute atomic E-state index is 13.2. The van der Waals surface area contributed by atoms with E-state index in [1.54, 1.807) is 25.4 Å². The first-order valence-corrected chi connectivity index (χ1v) is 11.4. The summed E-state index contributed by atoms with van der Waals surface area (Å²) in [4.78, 5) is 20.1. The van der Waals surface area contributed by atoms with Gasteiger partial charge in [0.2, 0.25) is 5.60 Å². The lowest BCUT2D eigenvalue weighted by Crippen LogP contribution is -2.32. The lowest BCUT2D eigenvalue weighted by molar-refractivity contribution is 0.0243. The summed E-state index contributed by atoms with van der Waals surface area (Å²) in [6.45, 7) is 5.43. The summed E-state index contributed by atoms with van der Waals surface area (Å²) in [7, 11) is 5.74. The molecular weight excluding hydrogens is 426 g/mol. The maximum atomic E-state index is 13.2. The number of benzene rings is 2. The number of aryl methyl sites for hydroxylation is 1. The van der Waals surface area contributed by atoms with Crippen molar-refractivity contribution in [2.45, 2.75) is 26.0 Å². The molecule has 0 bridgehead atoms. The molecule has 1 aliphatic rings. The summed E-state index contributed by atoms with van der Waals surface area (Å²) in [6.07, 6.45) is 1.73. The molecule has 2 aromatic heterocycles. The van der Waals surface area contributed by atoms with E-state index in [0.29, 0.717) is 24.4 Å². The number of rotatable bonds is 6. The van der Waals surface area contributed by atoms with Crippen LogP contribution in [-0.4, -0.2) is 43.3 Å². The minimum Gasteiger partial charge on any atom is -0.439 e. The summed E-state index contributed by atoms with van der Waals surface area (Å²) in [5.41, 5.74) is 6.09. The highest BCUT2D eigenvalue weighted by Gasteiger charge is 2.53. The molecule has 0 radical (unpaired) electrons. The predicted molar refractivity (Wildman–Crippen MR) is 134 cm³/mol. The normalized spacial score (nSPS) is 17.1. The smallest absolute Gasteiger partial charge is 0.341 e. The summed E-state index contributed by atoms with van der Waals surface area (Å²) >= 11 is 0. The molecule has 3 heterocycles. The third-order valence-corrected chi connectivity index (χ3v) is 6.81. The molecule has 2 aromatic carbocycles. The lowest BCUT2D eigenvalue weighted by atomic mass is 9.79. The Hall–Kier alpha value is -3.64. The van der Waals surface area contributed by atoms with E-state index >= 15 is 0 Å². The summed E-state index contributed by atoms with van der Waals surface area (Å²) in [6, 6.07) is 18.1. The van der Waals surface area contributed by atoms with Crippen molar-refractivity contribution < 1.29 is 14.3 Å². The second-order valence-corrected chi connectivity index (χ2v) is 8.99. The van der Waals surface area contributed by atoms with E-state index < -0.39 is 5.60 Å². The quantitative estimate of drug-likeness (QED) is 0.390. The predicted octanol–water partition coefficient (Wildman–Crippen LogP) is 4.83. The highest BCUT2D eigenvalue weighted by molar-refractivity contribution is 5.98. The van der Waals surface area contributed by atoms with Crippen LogP contribution in [0.25, 0.3) is 10.9 Å². The molecule has 0 spiro atoms. The average Bonchev–Trinajstić information content (AvgIpc) is 3.29. The molecule has 0 saturated carbocycles. The first-order chi connectivity index (χ1) is 16.4. The van der Waals surface area contributed by atoms with Gasteiger partial charge in [0.25, 0.3) is 0 Å². The third kappa shape index (κ3) is 3.13. The zero-order valence-corrected chi connectivity index (χ0v) is 20.3. The van der Waals surface area contributed by atoms with Crippen LogP contribution in [0.5, 0.6) is 0 Å². The maximum Gasteiger partial charge on any atom is 0.341 e. The van der Waals surface area contributed by atoms with Gasteiger partial charge in [-0.15, -0.1) is 0 Å². The van der Waals surface area contributed by atoms with Gasteiger partial charge in [-0.1, -0.05) is 24.3 Å². The molecule has 0 fully saturated rings. The van der Waals surface area contributed by atoms with Crippen LogP contribution in [0, 0.1) is 13.8 Å². The molecule has 34 heavy (non-hydrogen) atoms. The standard InChI is InChI=1S/C28H29N3O3/c1-18-17-20(30(3)4)12-13-23(18)28(26-22(27(32)34-28)10-8-14-29-26)25-19(2)31(15-16-33-5)24-11-7-6-9-21(24)25/h6-14,17H,15-16H2,1-5H3. The average molecular weight is 456 g/mol. The van der Waals surface area contributed by atoms with Gasteiger partial charge in [-0.3, -0.25) is 4.98 Å². The molecule has 1 atom stereocenters. The van der Waals surface area contributed by atoms with Crippen LogP contribution in [0.3, 0.4) is 0 Å². The van der Waals surface area contributed by atoms with Gasteiger partial charge in [0.15, 0.2) is 0 Å². The summed E-state index contributed by atoms with van der Waals surface area (Å²) < 4.78 is 14.1. The number of para-hydroxylation sites is 1. The number of hydrogen-bond donors (Lipinski definition) is 0. The zero-order valence-electron chi connectivity index (χ0n) is 20.3. The Labute approximate surface area is 199 Å². The Bertz CT molecular complexity index is 1410. The second kappa shape index (κ2) is 8.29. The molecule has 0 aliphatic carbocycles. The van der Waals surface area contributed by atoms with E-state index in [0.717, 1.165) is 39.0 Å². The fourth-order valence-corrected chi connectivity index (χ4v) is 5.25. The van der Waals surface area contributed by atoms with E-state index in [-0.39, 0.29) is 5.97 Å². The number of carbonyl (C=O) groups excluding carboxylic acids is 1. The van der Waals surface area contributed by atoms with Crippen molar-refractivity contribution in [1.29, 1.82) is 0 Å². The molecule has 0 amide bonds. The molecule has 6 nitrogen and oxygen atoms in total. The lowest BCUT2D eigenvalue weighted by Gasteiger charge is -2.31. The molecule has 5 rings (SSSR count). The van der Waals surface area contributed by atoms with Crippen molar-refractivity contribution in [3.63, 3.8) is 0 Å². The Balaban J connectivity index is 1.89. The summed E-state index contributed by atoms with van der Waals surface area (Å²) in [5.74, 6) is -0.354. The highest BCUT2D eigenvalue weighted by atomic mass is 16.6. The van der Waals surface area contributed by atoms with Crippen molar-refractivity contribution in [2.75, 3.05) is 32.7 Å². The van der Waals surface area contributed by atoms with Gasteiger partial charge in [-0.25, -0.2) is 4.79 Å². The van der Waals surface area contributed by atoms with Gasteiger partial charge in [-0.2, -0.15) is 0 Å². The number of hydrogen-bond acceptors (Lipinski definition) is 5. The topological polar surface area (TPSA) is 56.6 Å². The van der Waals surface area contributed by atoms with Crippen LogP contribution >= 0.6 is 0 Å². The van der Waals surface area contributed by atoms with E-state index in [9.17, 15) is 4.79 Å². The zero-order chi connectivity index (χ0) is 24.0. The van der Waals surface area contributed by atoms with Crippen LogP contribution in [0.15, 0.2) is 60.8 Å². The van der Waals surface area contributed by atoms with E-state index in [2.05, 4.69) is 53.6 Å². The van der Waals surface area contributed by atoms with E-state index in [1.807, 2.05) is 26.2 Å². The first kappa shape index (κ1) is 22.2. The van der Waals surface area contributed by atoms with Gasteiger partial charge in [0, 0.05) is 67.4 Å². The van der Waals surface area contributed by atoms with Crippen molar-refractivity contribution >= 4 is 22.6 Å². The van der Waals surface area contributed by atoms with Crippen LogP contribution in [0.1, 0.15) is 38.4 Å². The van der Waals surface area contributed by atoms with Crippen LogP contribution in [-0.2, 0) is 21.6 Å². The molecular formula is C28H29N3O3.